The summed E-state index contributed by atoms with van der Waals surface area (Å²) in [7, 11) is 0. The van der Waals surface area contributed by atoms with Gasteiger partial charge in [-0.3, -0.25) is 9.59 Å². The lowest BCUT2D eigenvalue weighted by molar-refractivity contribution is -0.136. The lowest BCUT2D eigenvalue weighted by atomic mass is 10.1. The molecule has 0 aliphatic heterocycles. The monoisotopic (exact) mass is 293 g/mol. The van der Waals surface area contributed by atoms with Gasteiger partial charge in [0.15, 0.2) is 0 Å². The van der Waals surface area contributed by atoms with Crippen molar-refractivity contribution in [1.82, 2.24) is 4.57 Å². The van der Waals surface area contributed by atoms with E-state index in [1.54, 1.807) is 6.92 Å². The molecule has 1 aromatic heterocycles. The van der Waals surface area contributed by atoms with Gasteiger partial charge in [-0.05, 0) is 19.1 Å². The van der Waals surface area contributed by atoms with Crippen molar-refractivity contribution in [2.24, 2.45) is 0 Å². The highest BCUT2D eigenvalue weighted by molar-refractivity contribution is 5.93. The van der Waals surface area contributed by atoms with E-state index in [2.05, 4.69) is 0 Å². The highest BCUT2D eigenvalue weighted by atomic mass is 19.1. The Morgan fingerprint density at radius 2 is 1.95 bits per heavy atom. The number of hydrogen-bond acceptors (Lipinski definition) is 3. The van der Waals surface area contributed by atoms with Gasteiger partial charge in [-0.2, -0.15) is 0 Å². The van der Waals surface area contributed by atoms with E-state index < -0.39 is 35.2 Å². The van der Waals surface area contributed by atoms with Crippen LogP contribution in [0.1, 0.15) is 22.8 Å². The summed E-state index contributed by atoms with van der Waals surface area (Å²) >= 11 is 0. The maximum absolute atomic E-state index is 13.9. The largest absolute Gasteiger partial charge is 0.481 e. The maximum atomic E-state index is 13.9. The van der Waals surface area contributed by atoms with E-state index in [1.165, 1.54) is 16.8 Å². The molecule has 0 aliphatic carbocycles. The number of halogens is 1. The van der Waals surface area contributed by atoms with Gasteiger partial charge in [-0.1, -0.05) is 0 Å². The average Bonchev–Trinajstić information content (AvgIpc) is 2.40. The second-order valence-corrected chi connectivity index (χ2v) is 4.49. The predicted molar refractivity (Wildman–Crippen MR) is 72.1 cm³/mol. The number of carboxylic acids is 2. The lowest BCUT2D eigenvalue weighted by Crippen LogP contribution is -2.19. The van der Waals surface area contributed by atoms with Crippen molar-refractivity contribution in [3.8, 4) is 0 Å². The summed E-state index contributed by atoms with van der Waals surface area (Å²) in [6, 6.07) is 2.17. The average molecular weight is 293 g/mol. The van der Waals surface area contributed by atoms with Crippen molar-refractivity contribution in [2.75, 3.05) is 0 Å². The number of pyridine rings is 1. The molecule has 0 amide bonds. The molecule has 1 heterocycles. The number of nitrogens with zero attached hydrogens (tertiary/aromatic N) is 1. The number of rotatable bonds is 4. The molecule has 0 fully saturated rings. The van der Waals surface area contributed by atoms with Gasteiger partial charge in [0.25, 0.3) is 0 Å². The first-order valence-corrected chi connectivity index (χ1v) is 6.15. The van der Waals surface area contributed by atoms with Crippen LogP contribution in [0.4, 0.5) is 4.39 Å². The molecule has 0 atom stereocenters. The molecule has 110 valence electrons. The number of aromatic nitrogens is 1. The number of benzene rings is 1. The minimum Gasteiger partial charge on any atom is -0.481 e. The number of carbonyl (C=O) groups is 2. The minimum absolute atomic E-state index is 0.0559. The second-order valence-electron chi connectivity index (χ2n) is 4.49. The highest BCUT2D eigenvalue weighted by Crippen LogP contribution is 2.19. The Kier molecular flexibility index (Phi) is 3.75. The van der Waals surface area contributed by atoms with Crippen LogP contribution >= 0.6 is 0 Å². The third-order valence-electron chi connectivity index (χ3n) is 3.16. The van der Waals surface area contributed by atoms with Crippen LogP contribution in [0.5, 0.6) is 0 Å². The fraction of sp³-hybridized carbons (Fsp3) is 0.214. The Hall–Kier alpha value is -2.70. The molecule has 0 saturated heterocycles. The quantitative estimate of drug-likeness (QED) is 0.890. The van der Waals surface area contributed by atoms with E-state index in [-0.39, 0.29) is 10.9 Å². The molecule has 2 aromatic rings. The highest BCUT2D eigenvalue weighted by Gasteiger charge is 2.17. The summed E-state index contributed by atoms with van der Waals surface area (Å²) in [5, 5.41) is 17.7. The van der Waals surface area contributed by atoms with Crippen molar-refractivity contribution < 1.29 is 24.2 Å². The van der Waals surface area contributed by atoms with Crippen LogP contribution in [-0.2, 0) is 17.8 Å². The number of aryl methyl sites for hydroxylation is 1. The third kappa shape index (κ3) is 2.62. The van der Waals surface area contributed by atoms with E-state index in [9.17, 15) is 18.8 Å². The zero-order valence-electron chi connectivity index (χ0n) is 11.1. The fourth-order valence-electron chi connectivity index (χ4n) is 2.17. The van der Waals surface area contributed by atoms with Crippen LogP contribution < -0.4 is 5.43 Å². The smallest absolute Gasteiger partial charge is 0.341 e. The lowest BCUT2D eigenvalue weighted by Gasteiger charge is -2.11. The van der Waals surface area contributed by atoms with Gasteiger partial charge in [0, 0.05) is 23.7 Å². The molecular formula is C14H12FNO5. The molecule has 0 bridgehead atoms. The standard InChI is InChI=1S/C14H12FNO5/c1-2-16-6-9(14(20)21)13(19)8-5-10(15)7(3-11(8)16)4-12(17)18/h3,5-6H,2,4H2,1H3,(H,17,18)(H,20,21). The Morgan fingerprint density at radius 1 is 1.29 bits per heavy atom. The molecule has 0 radical (unpaired) electrons. The van der Waals surface area contributed by atoms with Crippen molar-refractivity contribution in [1.29, 1.82) is 0 Å². The predicted octanol–water partition coefficient (Wildman–Crippen LogP) is 1.49. The van der Waals surface area contributed by atoms with Gasteiger partial charge in [0.05, 0.1) is 11.9 Å². The zero-order valence-corrected chi connectivity index (χ0v) is 11.1. The topological polar surface area (TPSA) is 96.6 Å². The van der Waals surface area contributed by atoms with Crippen molar-refractivity contribution >= 4 is 22.8 Å². The molecule has 2 rings (SSSR count). The van der Waals surface area contributed by atoms with E-state index in [4.69, 9.17) is 10.2 Å². The van der Waals surface area contributed by atoms with Crippen molar-refractivity contribution in [2.45, 2.75) is 19.9 Å². The maximum Gasteiger partial charge on any atom is 0.341 e. The van der Waals surface area contributed by atoms with E-state index in [1.807, 2.05) is 0 Å². The Bertz CT molecular complexity index is 809. The van der Waals surface area contributed by atoms with Crippen LogP contribution in [0.2, 0.25) is 0 Å². The van der Waals surface area contributed by atoms with Crippen molar-refractivity contribution in [3.63, 3.8) is 0 Å². The molecule has 1 aromatic carbocycles. The van der Waals surface area contributed by atoms with Crippen LogP contribution in [0.3, 0.4) is 0 Å². The third-order valence-corrected chi connectivity index (χ3v) is 3.16. The van der Waals surface area contributed by atoms with Gasteiger partial charge >= 0.3 is 11.9 Å². The molecule has 0 unspecified atom stereocenters. The first kappa shape index (κ1) is 14.7. The van der Waals surface area contributed by atoms with Gasteiger partial charge in [0.1, 0.15) is 11.4 Å². The molecule has 0 saturated carbocycles. The second kappa shape index (κ2) is 5.35. The Balaban J connectivity index is 2.85. The number of fused-ring (bicyclic) bond motifs is 1. The number of hydrogen-bond donors (Lipinski definition) is 2. The number of aromatic carboxylic acids is 1. The fourth-order valence-corrected chi connectivity index (χ4v) is 2.17. The molecule has 0 spiro atoms. The van der Waals surface area contributed by atoms with Crippen molar-refractivity contribution in [3.05, 3.63) is 45.5 Å². The summed E-state index contributed by atoms with van der Waals surface area (Å²) in [5.74, 6) is -3.42. The van der Waals surface area contributed by atoms with E-state index >= 15 is 0 Å². The SMILES string of the molecule is CCn1cc(C(=O)O)c(=O)c2cc(F)c(CC(=O)O)cc21. The summed E-state index contributed by atoms with van der Waals surface area (Å²) in [6.45, 7) is 2.09. The Morgan fingerprint density at radius 3 is 2.48 bits per heavy atom. The molecule has 7 heteroatoms. The summed E-state index contributed by atoms with van der Waals surface area (Å²) in [5.41, 5.74) is -0.984. The molecular weight excluding hydrogens is 281 g/mol. The zero-order chi connectivity index (χ0) is 15.7. The minimum atomic E-state index is -1.39. The van der Waals surface area contributed by atoms with Gasteiger partial charge in [-0.15, -0.1) is 0 Å². The van der Waals surface area contributed by atoms with E-state index in [0.717, 1.165) is 6.07 Å². The van der Waals surface area contributed by atoms with Crippen LogP contribution in [0.25, 0.3) is 10.9 Å². The van der Waals surface area contributed by atoms with Crippen LogP contribution in [-0.4, -0.2) is 26.7 Å². The normalized spacial score (nSPS) is 10.8. The summed E-state index contributed by atoms with van der Waals surface area (Å²) in [6.07, 6.45) is 0.663. The van der Waals surface area contributed by atoms with Gasteiger partial charge in [0.2, 0.25) is 5.43 Å². The first-order valence-electron chi connectivity index (χ1n) is 6.15. The first-order chi connectivity index (χ1) is 9.85. The van der Waals surface area contributed by atoms with Gasteiger partial charge < -0.3 is 14.8 Å². The van der Waals surface area contributed by atoms with Crippen LogP contribution in [0, 0.1) is 5.82 Å². The summed E-state index contributed by atoms with van der Waals surface area (Å²) in [4.78, 5) is 33.8. The van der Waals surface area contributed by atoms with E-state index in [0.29, 0.717) is 12.1 Å². The van der Waals surface area contributed by atoms with Gasteiger partial charge in [-0.25, -0.2) is 9.18 Å². The molecule has 2 N–H and O–H groups in total. The summed E-state index contributed by atoms with van der Waals surface area (Å²) < 4.78 is 15.3. The number of aliphatic carboxylic acids is 1. The Labute approximate surface area is 118 Å². The molecule has 6 nitrogen and oxygen atoms in total. The molecule has 0 aliphatic rings. The molecule has 21 heavy (non-hydrogen) atoms. The van der Waals surface area contributed by atoms with Crippen LogP contribution in [0.15, 0.2) is 23.1 Å². The number of carboxylic acid groups (broad SMARTS) is 2.